The number of fused-ring (bicyclic) bond motifs is 1. The number of anilines is 2. The van der Waals surface area contributed by atoms with E-state index in [0.29, 0.717) is 6.04 Å². The van der Waals surface area contributed by atoms with Crippen LogP contribution in [0.4, 0.5) is 11.4 Å². The number of rotatable bonds is 4. The minimum absolute atomic E-state index is 0.405. The fourth-order valence-corrected chi connectivity index (χ4v) is 2.98. The fourth-order valence-electron chi connectivity index (χ4n) is 2.98. The molecule has 0 bridgehead atoms. The predicted molar refractivity (Wildman–Crippen MR) is 94.9 cm³/mol. The molecule has 1 atom stereocenters. The third kappa shape index (κ3) is 3.07. The summed E-state index contributed by atoms with van der Waals surface area (Å²) in [7, 11) is 3.34. The first-order valence-corrected chi connectivity index (χ1v) is 7.94. The van der Waals surface area contributed by atoms with Crippen LogP contribution in [0.15, 0.2) is 36.4 Å². The maximum atomic E-state index is 5.47. The molecule has 122 valence electrons. The second-order valence-corrected chi connectivity index (χ2v) is 6.07. The van der Waals surface area contributed by atoms with Gasteiger partial charge in [0.25, 0.3) is 0 Å². The van der Waals surface area contributed by atoms with Crippen LogP contribution in [0.3, 0.4) is 0 Å². The lowest BCUT2D eigenvalue weighted by Gasteiger charge is -2.38. The molecule has 1 aliphatic heterocycles. The molecule has 0 amide bonds. The van der Waals surface area contributed by atoms with Gasteiger partial charge >= 0.3 is 0 Å². The first-order valence-electron chi connectivity index (χ1n) is 7.94. The Balaban J connectivity index is 1.96. The van der Waals surface area contributed by atoms with Crippen LogP contribution in [0.1, 0.15) is 18.1 Å². The van der Waals surface area contributed by atoms with E-state index in [1.54, 1.807) is 14.2 Å². The van der Waals surface area contributed by atoms with Crippen molar-refractivity contribution in [1.29, 1.82) is 0 Å². The lowest BCUT2D eigenvalue weighted by molar-refractivity contribution is 0.355. The van der Waals surface area contributed by atoms with Crippen LogP contribution in [0.5, 0.6) is 11.5 Å². The van der Waals surface area contributed by atoms with Gasteiger partial charge in [0.05, 0.1) is 25.6 Å². The topological polar surface area (TPSA) is 33.7 Å². The fraction of sp³-hybridized carbons (Fsp3) is 0.368. The number of hydrogen-bond donors (Lipinski definition) is 1. The highest BCUT2D eigenvalue weighted by Gasteiger charge is 2.25. The lowest BCUT2D eigenvalue weighted by atomic mass is 10.1. The van der Waals surface area contributed by atoms with Gasteiger partial charge in [-0.05, 0) is 19.4 Å². The van der Waals surface area contributed by atoms with Crippen molar-refractivity contribution in [1.82, 2.24) is 0 Å². The van der Waals surface area contributed by atoms with Crippen LogP contribution in [-0.4, -0.2) is 26.8 Å². The zero-order chi connectivity index (χ0) is 16.4. The van der Waals surface area contributed by atoms with Crippen LogP contribution < -0.4 is 19.7 Å². The van der Waals surface area contributed by atoms with Gasteiger partial charge in [-0.15, -0.1) is 0 Å². The van der Waals surface area contributed by atoms with Crippen molar-refractivity contribution in [3.8, 4) is 11.5 Å². The van der Waals surface area contributed by atoms with Crippen molar-refractivity contribution < 1.29 is 9.47 Å². The number of hydrogen-bond acceptors (Lipinski definition) is 4. The third-order valence-corrected chi connectivity index (χ3v) is 4.40. The van der Waals surface area contributed by atoms with Gasteiger partial charge in [0.15, 0.2) is 11.5 Å². The highest BCUT2D eigenvalue weighted by Crippen LogP contribution is 2.41. The van der Waals surface area contributed by atoms with Crippen LogP contribution in [0, 0.1) is 6.92 Å². The summed E-state index contributed by atoms with van der Waals surface area (Å²) in [6, 6.07) is 13.2. The van der Waals surface area contributed by atoms with E-state index < -0.39 is 0 Å². The third-order valence-electron chi connectivity index (χ3n) is 4.40. The highest BCUT2D eigenvalue weighted by atomic mass is 16.5. The van der Waals surface area contributed by atoms with Crippen molar-refractivity contribution in [3.05, 3.63) is 47.5 Å². The number of nitrogens with one attached hydrogen (secondary N) is 1. The van der Waals surface area contributed by atoms with Crippen LogP contribution in [-0.2, 0) is 6.54 Å². The van der Waals surface area contributed by atoms with Crippen molar-refractivity contribution >= 4 is 11.4 Å². The Morgan fingerprint density at radius 3 is 2.39 bits per heavy atom. The van der Waals surface area contributed by atoms with Crippen molar-refractivity contribution in [2.45, 2.75) is 26.4 Å². The average molecular weight is 312 g/mol. The minimum atomic E-state index is 0.405. The first-order chi connectivity index (χ1) is 11.1. The predicted octanol–water partition coefficient (Wildman–Crippen LogP) is 3.83. The Kier molecular flexibility index (Phi) is 4.33. The number of nitrogens with zero attached hydrogens (tertiary/aromatic N) is 1. The van der Waals surface area contributed by atoms with Gasteiger partial charge < -0.3 is 19.7 Å². The number of ether oxygens (including phenoxy) is 2. The summed E-state index contributed by atoms with van der Waals surface area (Å²) in [6.45, 7) is 6.14. The quantitative estimate of drug-likeness (QED) is 0.930. The maximum Gasteiger partial charge on any atom is 0.162 e. The summed E-state index contributed by atoms with van der Waals surface area (Å²) in [5, 5.41) is 3.49. The molecule has 0 saturated heterocycles. The highest BCUT2D eigenvalue weighted by molar-refractivity contribution is 5.77. The molecule has 0 spiro atoms. The summed E-state index contributed by atoms with van der Waals surface area (Å²) >= 11 is 0. The van der Waals surface area contributed by atoms with Crippen molar-refractivity contribution in [2.75, 3.05) is 31.0 Å². The monoisotopic (exact) mass is 312 g/mol. The molecule has 0 radical (unpaired) electrons. The van der Waals surface area contributed by atoms with E-state index in [0.717, 1.165) is 36.0 Å². The van der Waals surface area contributed by atoms with Gasteiger partial charge in [-0.3, -0.25) is 0 Å². The molecule has 0 aromatic heterocycles. The SMILES string of the molecule is COc1cc2c(cc1OC)N(Cc1ccc(C)cc1)C(C)CN2. The van der Waals surface area contributed by atoms with Gasteiger partial charge in [-0.25, -0.2) is 0 Å². The standard InChI is InChI=1S/C19H24N2O2/c1-13-5-7-15(8-6-13)12-21-14(2)11-20-16-9-18(22-3)19(23-4)10-17(16)21/h5-10,14,20H,11-12H2,1-4H3. The van der Waals surface area contributed by atoms with Gasteiger partial charge in [0, 0.05) is 31.3 Å². The second kappa shape index (κ2) is 6.41. The molecular formula is C19H24N2O2. The van der Waals surface area contributed by atoms with E-state index in [1.807, 2.05) is 6.07 Å². The Hall–Kier alpha value is -2.36. The van der Waals surface area contributed by atoms with Crippen LogP contribution in [0.2, 0.25) is 0 Å². The van der Waals surface area contributed by atoms with E-state index in [2.05, 4.69) is 54.4 Å². The summed E-state index contributed by atoms with van der Waals surface area (Å²) in [4.78, 5) is 2.42. The molecule has 2 aromatic rings. The largest absolute Gasteiger partial charge is 0.493 e. The molecule has 4 nitrogen and oxygen atoms in total. The minimum Gasteiger partial charge on any atom is -0.493 e. The van der Waals surface area contributed by atoms with Crippen molar-refractivity contribution in [3.63, 3.8) is 0 Å². The summed E-state index contributed by atoms with van der Waals surface area (Å²) in [5.74, 6) is 1.51. The summed E-state index contributed by atoms with van der Waals surface area (Å²) < 4.78 is 10.9. The van der Waals surface area contributed by atoms with Gasteiger partial charge in [0.1, 0.15) is 0 Å². The van der Waals surface area contributed by atoms with E-state index in [9.17, 15) is 0 Å². The molecule has 0 aliphatic carbocycles. The van der Waals surface area contributed by atoms with Gasteiger partial charge in [0.2, 0.25) is 0 Å². The molecule has 1 unspecified atom stereocenters. The van der Waals surface area contributed by atoms with Gasteiger partial charge in [-0.2, -0.15) is 0 Å². The molecule has 4 heteroatoms. The van der Waals surface area contributed by atoms with E-state index in [4.69, 9.17) is 9.47 Å². The molecule has 3 rings (SSSR count). The molecule has 1 aliphatic rings. The second-order valence-electron chi connectivity index (χ2n) is 6.07. The summed E-state index contributed by atoms with van der Waals surface area (Å²) in [5.41, 5.74) is 4.84. The molecule has 1 heterocycles. The summed E-state index contributed by atoms with van der Waals surface area (Å²) in [6.07, 6.45) is 0. The van der Waals surface area contributed by atoms with Crippen LogP contribution in [0.25, 0.3) is 0 Å². The smallest absolute Gasteiger partial charge is 0.162 e. The van der Waals surface area contributed by atoms with E-state index in [1.165, 1.54) is 11.1 Å². The first kappa shape index (κ1) is 15.5. The van der Waals surface area contributed by atoms with Crippen LogP contribution >= 0.6 is 0 Å². The normalized spacial score (nSPS) is 16.5. The molecule has 23 heavy (non-hydrogen) atoms. The van der Waals surface area contributed by atoms with Crippen molar-refractivity contribution in [2.24, 2.45) is 0 Å². The molecule has 1 N–H and O–H groups in total. The van der Waals surface area contributed by atoms with E-state index >= 15 is 0 Å². The maximum absolute atomic E-state index is 5.47. The molecular weight excluding hydrogens is 288 g/mol. The lowest BCUT2D eigenvalue weighted by Crippen LogP contribution is -2.41. The molecule has 0 fully saturated rings. The Labute approximate surface area is 138 Å². The Bertz CT molecular complexity index is 683. The average Bonchev–Trinajstić information content (AvgIpc) is 2.58. The molecule has 2 aromatic carbocycles. The van der Waals surface area contributed by atoms with E-state index in [-0.39, 0.29) is 0 Å². The molecule has 0 saturated carbocycles. The Morgan fingerprint density at radius 1 is 1.09 bits per heavy atom. The zero-order valence-corrected chi connectivity index (χ0v) is 14.2. The zero-order valence-electron chi connectivity index (χ0n) is 14.2. The number of aryl methyl sites for hydroxylation is 1. The number of benzene rings is 2. The van der Waals surface area contributed by atoms with Gasteiger partial charge in [-0.1, -0.05) is 29.8 Å². The number of methoxy groups -OCH3 is 2. The Morgan fingerprint density at radius 2 is 1.74 bits per heavy atom.